The van der Waals surface area contributed by atoms with Crippen molar-refractivity contribution in [3.05, 3.63) is 28.2 Å². The number of nitrogens with zero attached hydrogens (tertiary/aromatic N) is 1. The molecular formula is C10H15BrN2O. The van der Waals surface area contributed by atoms with Gasteiger partial charge in [0.25, 0.3) is 0 Å². The van der Waals surface area contributed by atoms with Gasteiger partial charge in [0.1, 0.15) is 0 Å². The summed E-state index contributed by atoms with van der Waals surface area (Å²) >= 11 is 3.46. The van der Waals surface area contributed by atoms with Crippen LogP contribution in [0.25, 0.3) is 0 Å². The molecule has 0 aliphatic rings. The quantitative estimate of drug-likeness (QED) is 0.857. The first-order valence-corrected chi connectivity index (χ1v) is 5.29. The van der Waals surface area contributed by atoms with Crippen molar-refractivity contribution in [2.24, 2.45) is 5.73 Å². The molecule has 0 spiro atoms. The molecule has 0 heterocycles. The summed E-state index contributed by atoms with van der Waals surface area (Å²) in [5.41, 5.74) is 7.80. The van der Waals surface area contributed by atoms with Crippen LogP contribution in [0.5, 0.6) is 0 Å². The van der Waals surface area contributed by atoms with E-state index in [1.54, 1.807) is 0 Å². The van der Waals surface area contributed by atoms with Gasteiger partial charge in [-0.1, -0.05) is 22.0 Å². The highest BCUT2D eigenvalue weighted by atomic mass is 79.9. The van der Waals surface area contributed by atoms with Gasteiger partial charge in [0.2, 0.25) is 0 Å². The monoisotopic (exact) mass is 258 g/mol. The van der Waals surface area contributed by atoms with Crippen LogP contribution in [0.3, 0.4) is 0 Å². The minimum absolute atomic E-state index is 0.146. The molecule has 1 rings (SSSR count). The molecule has 0 fully saturated rings. The fourth-order valence-corrected chi connectivity index (χ4v) is 1.90. The molecule has 0 bridgehead atoms. The molecule has 0 amide bonds. The molecule has 1 aromatic rings. The van der Waals surface area contributed by atoms with Gasteiger partial charge >= 0.3 is 0 Å². The Bertz CT molecular complexity index is 304. The number of nitrogens with two attached hydrogens (primary N) is 1. The van der Waals surface area contributed by atoms with Crippen LogP contribution < -0.4 is 10.6 Å². The van der Waals surface area contributed by atoms with Crippen LogP contribution in [0.15, 0.2) is 22.7 Å². The Morgan fingerprint density at radius 1 is 1.50 bits per heavy atom. The molecule has 0 unspecified atom stereocenters. The second kappa shape index (κ2) is 5.34. The summed E-state index contributed by atoms with van der Waals surface area (Å²) in [7, 11) is 1.94. The molecular weight excluding hydrogens is 244 g/mol. The number of anilines is 1. The number of aliphatic hydroxyl groups is 1. The van der Waals surface area contributed by atoms with Crippen LogP contribution in [0.2, 0.25) is 0 Å². The van der Waals surface area contributed by atoms with Gasteiger partial charge in [-0.15, -0.1) is 0 Å². The summed E-state index contributed by atoms with van der Waals surface area (Å²) in [5, 5.41) is 8.85. The third-order valence-electron chi connectivity index (χ3n) is 2.14. The molecule has 0 radical (unpaired) electrons. The van der Waals surface area contributed by atoms with E-state index in [4.69, 9.17) is 10.8 Å². The van der Waals surface area contributed by atoms with Gasteiger partial charge in [0.15, 0.2) is 0 Å². The zero-order valence-electron chi connectivity index (χ0n) is 8.20. The topological polar surface area (TPSA) is 49.5 Å². The average molecular weight is 259 g/mol. The second-order valence-electron chi connectivity index (χ2n) is 3.09. The summed E-state index contributed by atoms with van der Waals surface area (Å²) in [4.78, 5) is 1.99. The van der Waals surface area contributed by atoms with Gasteiger partial charge < -0.3 is 15.7 Å². The second-order valence-corrected chi connectivity index (χ2v) is 3.94. The molecule has 3 N–H and O–H groups in total. The third kappa shape index (κ3) is 2.47. The lowest BCUT2D eigenvalue weighted by Crippen LogP contribution is -2.23. The first-order valence-electron chi connectivity index (χ1n) is 4.50. The van der Waals surface area contributed by atoms with Crippen molar-refractivity contribution < 1.29 is 5.11 Å². The van der Waals surface area contributed by atoms with E-state index in [1.807, 2.05) is 30.1 Å². The van der Waals surface area contributed by atoms with Crippen LogP contribution in [-0.2, 0) is 6.54 Å². The highest BCUT2D eigenvalue weighted by Crippen LogP contribution is 2.26. The number of hydrogen-bond donors (Lipinski definition) is 2. The van der Waals surface area contributed by atoms with Crippen LogP contribution in [-0.4, -0.2) is 25.3 Å². The standard InChI is InChI=1S/C10H15BrN2O/c1-13(5-6-14)10-4-2-3-9(11)8(10)7-12/h2-4,14H,5-7,12H2,1H3. The van der Waals surface area contributed by atoms with Crippen molar-refractivity contribution in [2.45, 2.75) is 6.54 Å². The largest absolute Gasteiger partial charge is 0.395 e. The number of hydrogen-bond acceptors (Lipinski definition) is 3. The van der Waals surface area contributed by atoms with E-state index in [-0.39, 0.29) is 6.61 Å². The van der Waals surface area contributed by atoms with Crippen molar-refractivity contribution in [1.82, 2.24) is 0 Å². The molecule has 3 nitrogen and oxygen atoms in total. The number of halogens is 1. The highest BCUT2D eigenvalue weighted by Gasteiger charge is 2.08. The van der Waals surface area contributed by atoms with Crippen LogP contribution in [0.4, 0.5) is 5.69 Å². The zero-order valence-corrected chi connectivity index (χ0v) is 9.79. The Kier molecular flexibility index (Phi) is 4.38. The Morgan fingerprint density at radius 3 is 2.79 bits per heavy atom. The van der Waals surface area contributed by atoms with Gasteiger partial charge in [0.05, 0.1) is 6.61 Å². The molecule has 0 aliphatic carbocycles. The maximum atomic E-state index is 8.85. The Morgan fingerprint density at radius 2 is 2.21 bits per heavy atom. The van der Waals surface area contributed by atoms with E-state index < -0.39 is 0 Å². The Labute approximate surface area is 92.7 Å². The predicted octanol–water partition coefficient (Wildman–Crippen LogP) is 1.34. The van der Waals surface area contributed by atoms with Crippen molar-refractivity contribution in [3.8, 4) is 0 Å². The van der Waals surface area contributed by atoms with E-state index in [0.717, 1.165) is 15.7 Å². The summed E-state index contributed by atoms with van der Waals surface area (Å²) in [6.07, 6.45) is 0. The maximum Gasteiger partial charge on any atom is 0.0606 e. The summed E-state index contributed by atoms with van der Waals surface area (Å²) in [6.45, 7) is 1.25. The van der Waals surface area contributed by atoms with Gasteiger partial charge in [-0.3, -0.25) is 0 Å². The molecule has 0 atom stereocenters. The van der Waals surface area contributed by atoms with Gasteiger partial charge in [-0.25, -0.2) is 0 Å². The lowest BCUT2D eigenvalue weighted by molar-refractivity contribution is 0.304. The number of benzene rings is 1. The van der Waals surface area contributed by atoms with Crippen molar-refractivity contribution in [3.63, 3.8) is 0 Å². The molecule has 0 saturated heterocycles. The van der Waals surface area contributed by atoms with Gasteiger partial charge in [-0.05, 0) is 12.1 Å². The van der Waals surface area contributed by atoms with Crippen LogP contribution in [0.1, 0.15) is 5.56 Å². The van der Waals surface area contributed by atoms with E-state index in [1.165, 1.54) is 0 Å². The lowest BCUT2D eigenvalue weighted by atomic mass is 10.1. The summed E-state index contributed by atoms with van der Waals surface area (Å²) in [6, 6.07) is 5.94. The predicted molar refractivity (Wildman–Crippen MR) is 62.4 cm³/mol. The number of likely N-dealkylation sites (N-methyl/N-ethyl adjacent to an activating group) is 1. The van der Waals surface area contributed by atoms with Crippen molar-refractivity contribution in [1.29, 1.82) is 0 Å². The molecule has 1 aromatic carbocycles. The first kappa shape index (κ1) is 11.5. The van der Waals surface area contributed by atoms with Gasteiger partial charge in [0, 0.05) is 35.9 Å². The third-order valence-corrected chi connectivity index (χ3v) is 2.89. The minimum Gasteiger partial charge on any atom is -0.395 e. The lowest BCUT2D eigenvalue weighted by Gasteiger charge is -2.21. The SMILES string of the molecule is CN(CCO)c1cccc(Br)c1CN. The molecule has 4 heteroatoms. The average Bonchev–Trinajstić information content (AvgIpc) is 2.17. The van der Waals surface area contributed by atoms with Crippen LogP contribution in [0, 0.1) is 0 Å². The van der Waals surface area contributed by atoms with Crippen molar-refractivity contribution in [2.75, 3.05) is 25.1 Å². The molecule has 14 heavy (non-hydrogen) atoms. The normalized spacial score (nSPS) is 10.3. The molecule has 78 valence electrons. The van der Waals surface area contributed by atoms with E-state index in [2.05, 4.69) is 15.9 Å². The fourth-order valence-electron chi connectivity index (χ4n) is 1.38. The minimum atomic E-state index is 0.146. The van der Waals surface area contributed by atoms with Crippen LogP contribution >= 0.6 is 15.9 Å². The Balaban J connectivity index is 3.00. The molecule has 0 aliphatic heterocycles. The maximum absolute atomic E-state index is 8.85. The van der Waals surface area contributed by atoms with E-state index in [9.17, 15) is 0 Å². The number of aliphatic hydroxyl groups excluding tert-OH is 1. The smallest absolute Gasteiger partial charge is 0.0606 e. The van der Waals surface area contributed by atoms with E-state index in [0.29, 0.717) is 13.1 Å². The highest BCUT2D eigenvalue weighted by molar-refractivity contribution is 9.10. The molecule has 0 saturated carbocycles. The summed E-state index contributed by atoms with van der Waals surface area (Å²) < 4.78 is 1.02. The summed E-state index contributed by atoms with van der Waals surface area (Å²) in [5.74, 6) is 0. The number of rotatable bonds is 4. The zero-order chi connectivity index (χ0) is 10.6. The first-order chi connectivity index (χ1) is 6.70. The van der Waals surface area contributed by atoms with E-state index >= 15 is 0 Å². The Hall–Kier alpha value is -0.580. The van der Waals surface area contributed by atoms with Gasteiger partial charge in [-0.2, -0.15) is 0 Å². The molecule has 0 aromatic heterocycles. The fraction of sp³-hybridized carbons (Fsp3) is 0.400. The van der Waals surface area contributed by atoms with Crippen molar-refractivity contribution >= 4 is 21.6 Å².